The first-order chi connectivity index (χ1) is 7.44. The van der Waals surface area contributed by atoms with Gasteiger partial charge < -0.3 is 0 Å². The lowest BCUT2D eigenvalue weighted by atomic mass is 10.0. The number of halogens is 1. The summed E-state index contributed by atoms with van der Waals surface area (Å²) in [7, 11) is -3.34. The molecule has 0 heterocycles. The summed E-state index contributed by atoms with van der Waals surface area (Å²) in [5.74, 6) is 0. The van der Waals surface area contributed by atoms with Crippen molar-refractivity contribution in [2.75, 3.05) is 5.21 Å². The van der Waals surface area contributed by atoms with Gasteiger partial charge in [-0.15, -0.1) is 11.6 Å². The largest absolute Gasteiger partial charge is 0.225 e. The van der Waals surface area contributed by atoms with E-state index in [0.29, 0.717) is 6.42 Å². The van der Waals surface area contributed by atoms with E-state index in [0.717, 1.165) is 5.56 Å². The zero-order chi connectivity index (χ0) is 12.2. The molecule has 5 heteroatoms. The first-order valence-electron chi connectivity index (χ1n) is 5.05. The van der Waals surface area contributed by atoms with E-state index in [2.05, 4.69) is 4.72 Å². The van der Waals surface area contributed by atoms with Crippen LogP contribution in [0.15, 0.2) is 24.3 Å². The Labute approximate surface area is 102 Å². The number of nitrogens with one attached hydrogen (secondary N) is 1. The van der Waals surface area contributed by atoms with Gasteiger partial charge in [0.2, 0.25) is 10.0 Å². The van der Waals surface area contributed by atoms with Crippen molar-refractivity contribution in [2.45, 2.75) is 26.3 Å². The van der Waals surface area contributed by atoms with Gasteiger partial charge in [-0.3, -0.25) is 0 Å². The fourth-order valence-electron chi connectivity index (χ4n) is 1.55. The summed E-state index contributed by atoms with van der Waals surface area (Å²) in [6, 6.07) is 7.78. The molecule has 1 rings (SSSR count). The van der Waals surface area contributed by atoms with Crippen LogP contribution in [-0.2, 0) is 16.4 Å². The number of hydrogen-bond donors (Lipinski definition) is 1. The van der Waals surface area contributed by atoms with Crippen LogP contribution >= 0.6 is 11.6 Å². The normalized spacial score (nSPS) is 13.7. The van der Waals surface area contributed by atoms with E-state index in [1.165, 1.54) is 5.56 Å². The van der Waals surface area contributed by atoms with Crippen LogP contribution in [0.3, 0.4) is 0 Å². The lowest BCUT2D eigenvalue weighted by Crippen LogP contribution is -2.34. The topological polar surface area (TPSA) is 46.2 Å². The van der Waals surface area contributed by atoms with E-state index in [4.69, 9.17) is 11.6 Å². The molecule has 16 heavy (non-hydrogen) atoms. The molecule has 90 valence electrons. The second-order valence-corrected chi connectivity index (χ2v) is 6.21. The molecule has 3 nitrogen and oxygen atoms in total. The summed E-state index contributed by atoms with van der Waals surface area (Å²) in [6.07, 6.45) is 0.669. The Kier molecular flexibility index (Phi) is 4.77. The molecule has 0 bridgehead atoms. The first-order valence-corrected chi connectivity index (χ1v) is 7.24. The molecule has 0 amide bonds. The van der Waals surface area contributed by atoms with Gasteiger partial charge >= 0.3 is 0 Å². The first kappa shape index (κ1) is 13.5. The predicted octanol–water partition coefficient (Wildman–Crippen LogP) is 2.04. The van der Waals surface area contributed by atoms with Crippen LogP contribution in [0.2, 0.25) is 0 Å². The van der Waals surface area contributed by atoms with E-state index in [1.54, 1.807) is 0 Å². The van der Waals surface area contributed by atoms with E-state index in [1.807, 2.05) is 38.1 Å². The zero-order valence-electron chi connectivity index (χ0n) is 9.40. The van der Waals surface area contributed by atoms with Gasteiger partial charge in [-0.2, -0.15) is 0 Å². The van der Waals surface area contributed by atoms with Crippen molar-refractivity contribution in [1.82, 2.24) is 4.72 Å². The van der Waals surface area contributed by atoms with Crippen LogP contribution in [0.25, 0.3) is 0 Å². The van der Waals surface area contributed by atoms with E-state index in [-0.39, 0.29) is 6.04 Å². The average molecular weight is 262 g/mol. The van der Waals surface area contributed by atoms with Gasteiger partial charge in [0.15, 0.2) is 0 Å². The van der Waals surface area contributed by atoms with Crippen LogP contribution in [-0.4, -0.2) is 19.7 Å². The molecule has 0 radical (unpaired) electrons. The third-order valence-electron chi connectivity index (χ3n) is 2.31. The molecule has 0 aliphatic rings. The smallest absolute Gasteiger partial charge is 0.211 e. The highest BCUT2D eigenvalue weighted by Gasteiger charge is 2.13. The molecule has 0 aliphatic carbocycles. The van der Waals surface area contributed by atoms with Crippen LogP contribution in [0.1, 0.15) is 18.1 Å². The molecular formula is C11H16ClNO2S. The van der Waals surface area contributed by atoms with Gasteiger partial charge in [-0.05, 0) is 31.4 Å². The van der Waals surface area contributed by atoms with Crippen LogP contribution < -0.4 is 4.72 Å². The highest BCUT2D eigenvalue weighted by molar-refractivity contribution is 7.90. The molecule has 1 unspecified atom stereocenters. The highest BCUT2D eigenvalue weighted by Crippen LogP contribution is 2.10. The quantitative estimate of drug-likeness (QED) is 0.825. The third kappa shape index (κ3) is 4.12. The molecule has 0 aliphatic heterocycles. The number of benzene rings is 1. The SMILES string of the molecule is Cc1ccccc1CC(C)NS(=O)(=O)CCl. The van der Waals surface area contributed by atoms with Crippen molar-refractivity contribution in [3.63, 3.8) is 0 Å². The second kappa shape index (κ2) is 5.66. The molecule has 1 aromatic rings. The van der Waals surface area contributed by atoms with E-state index in [9.17, 15) is 8.42 Å². The Morgan fingerprint density at radius 3 is 2.56 bits per heavy atom. The maximum absolute atomic E-state index is 11.2. The summed E-state index contributed by atoms with van der Waals surface area (Å²) in [5, 5.41) is -0.398. The fraction of sp³-hybridized carbons (Fsp3) is 0.455. The lowest BCUT2D eigenvalue weighted by Gasteiger charge is -2.14. The summed E-state index contributed by atoms with van der Waals surface area (Å²) < 4.78 is 25.0. The lowest BCUT2D eigenvalue weighted by molar-refractivity contribution is 0.564. The van der Waals surface area contributed by atoms with Crippen molar-refractivity contribution < 1.29 is 8.42 Å². The van der Waals surface area contributed by atoms with Crippen molar-refractivity contribution in [2.24, 2.45) is 0 Å². The highest BCUT2D eigenvalue weighted by atomic mass is 35.5. The minimum atomic E-state index is -3.34. The molecule has 1 aromatic carbocycles. The van der Waals surface area contributed by atoms with Gasteiger partial charge in [0.1, 0.15) is 5.21 Å². The Morgan fingerprint density at radius 2 is 2.00 bits per heavy atom. The van der Waals surface area contributed by atoms with Gasteiger partial charge in [0, 0.05) is 6.04 Å². The zero-order valence-corrected chi connectivity index (χ0v) is 11.0. The maximum Gasteiger partial charge on any atom is 0.225 e. The number of aryl methyl sites for hydroxylation is 1. The predicted molar refractivity (Wildman–Crippen MR) is 67.1 cm³/mol. The summed E-state index contributed by atoms with van der Waals surface area (Å²) >= 11 is 5.32. The third-order valence-corrected chi connectivity index (χ3v) is 4.22. The van der Waals surface area contributed by atoms with E-state index >= 15 is 0 Å². The number of rotatable bonds is 5. The molecule has 0 fully saturated rings. The van der Waals surface area contributed by atoms with Gasteiger partial charge in [0.25, 0.3) is 0 Å². The monoisotopic (exact) mass is 261 g/mol. The molecular weight excluding hydrogens is 246 g/mol. The fourth-order valence-corrected chi connectivity index (χ4v) is 2.50. The molecule has 1 atom stereocenters. The summed E-state index contributed by atoms with van der Waals surface area (Å²) in [4.78, 5) is 0. The van der Waals surface area contributed by atoms with Gasteiger partial charge in [-0.25, -0.2) is 13.1 Å². The van der Waals surface area contributed by atoms with Crippen molar-refractivity contribution in [3.8, 4) is 0 Å². The maximum atomic E-state index is 11.2. The van der Waals surface area contributed by atoms with Crippen LogP contribution in [0.4, 0.5) is 0 Å². The number of hydrogen-bond acceptors (Lipinski definition) is 2. The van der Waals surface area contributed by atoms with Gasteiger partial charge in [-0.1, -0.05) is 24.3 Å². The van der Waals surface area contributed by atoms with Crippen molar-refractivity contribution in [1.29, 1.82) is 0 Å². The van der Waals surface area contributed by atoms with Gasteiger partial charge in [0.05, 0.1) is 0 Å². The van der Waals surface area contributed by atoms with Crippen molar-refractivity contribution >= 4 is 21.6 Å². The minimum Gasteiger partial charge on any atom is -0.211 e. The minimum absolute atomic E-state index is 0.148. The average Bonchev–Trinajstić information content (AvgIpc) is 2.21. The molecule has 0 saturated heterocycles. The Hall–Kier alpha value is -0.580. The molecule has 1 N–H and O–H groups in total. The molecule has 0 aromatic heterocycles. The Balaban J connectivity index is 2.66. The molecule has 0 saturated carbocycles. The summed E-state index contributed by atoms with van der Waals surface area (Å²) in [5.41, 5.74) is 2.31. The summed E-state index contributed by atoms with van der Waals surface area (Å²) in [6.45, 7) is 3.84. The Bertz CT molecular complexity index is 445. The van der Waals surface area contributed by atoms with E-state index < -0.39 is 15.2 Å². The standard InChI is InChI=1S/C11H16ClNO2S/c1-9-5-3-4-6-11(9)7-10(2)13-16(14,15)8-12/h3-6,10,13H,7-8H2,1-2H3. The van der Waals surface area contributed by atoms with Crippen LogP contribution in [0.5, 0.6) is 0 Å². The number of sulfonamides is 1. The number of alkyl halides is 1. The van der Waals surface area contributed by atoms with Crippen LogP contribution in [0, 0.1) is 6.92 Å². The Morgan fingerprint density at radius 1 is 1.38 bits per heavy atom. The molecule has 0 spiro atoms. The van der Waals surface area contributed by atoms with Crippen molar-refractivity contribution in [3.05, 3.63) is 35.4 Å². The second-order valence-electron chi connectivity index (χ2n) is 3.87.